The molecule has 0 saturated carbocycles. The number of nitrogens with zero attached hydrogens (tertiary/aromatic N) is 2. The topological polar surface area (TPSA) is 6.48 Å². The summed E-state index contributed by atoms with van der Waals surface area (Å²) in [5, 5.41) is 0. The first kappa shape index (κ1) is 93.9. The second kappa shape index (κ2) is 86.8. The first-order valence-electron chi connectivity index (χ1n) is 41.4. The summed E-state index contributed by atoms with van der Waals surface area (Å²) < 4.78 is 1.40. The Morgan fingerprint density at radius 1 is 0.169 bits per heavy atom. The minimum atomic E-state index is 0. The maximum Gasteiger partial charge on any atom is 2.00 e. The number of hydrogen-bond acceptors (Lipinski definition) is 4. The fourth-order valence-electron chi connectivity index (χ4n) is 13.4. The molecule has 0 aromatic heterocycles. The van der Waals surface area contributed by atoms with Gasteiger partial charge in [-0.2, -0.15) is 0 Å². The molecule has 0 unspecified atom stereocenters. The number of thiocarbonyl (C=S) groups is 2. The van der Waals surface area contributed by atoms with Crippen LogP contribution < -0.4 is 0 Å². The Hall–Kier alpha value is 0.739. The quantitative estimate of drug-likeness (QED) is 0.0257. The van der Waals surface area contributed by atoms with Crippen LogP contribution in [0.2, 0.25) is 0 Å². The Labute approximate surface area is 596 Å². The third kappa shape index (κ3) is 84.8. The van der Waals surface area contributed by atoms with Crippen molar-refractivity contribution in [1.82, 2.24) is 9.80 Å². The van der Waals surface area contributed by atoms with E-state index in [2.05, 4.69) is 37.5 Å². The van der Waals surface area contributed by atoms with Crippen molar-refractivity contribution >= 4 is 58.3 Å². The Bertz CT molecular complexity index is 1100. The van der Waals surface area contributed by atoms with Crippen LogP contribution in [0.3, 0.4) is 0 Å². The van der Waals surface area contributed by atoms with E-state index in [0.29, 0.717) is 8.64 Å². The summed E-state index contributed by atoms with van der Waals surface area (Å²) in [4.78, 5) is 4.62. The van der Waals surface area contributed by atoms with Crippen LogP contribution in [0.5, 0.6) is 0 Å². The van der Waals surface area contributed by atoms with Crippen molar-refractivity contribution in [3.05, 3.63) is 0 Å². The molecule has 0 aromatic rings. The molecule has 0 aromatic carbocycles. The minimum Gasteiger partial charge on any atom is -0.411 e. The van der Waals surface area contributed by atoms with Crippen LogP contribution in [0.15, 0.2) is 0 Å². The van der Waals surface area contributed by atoms with Gasteiger partial charge in [0.05, 0.1) is 0 Å². The molecule has 0 N–H and O–H groups in total. The van der Waals surface area contributed by atoms with E-state index in [-0.39, 0.29) is 17.1 Å². The molecule has 0 amide bonds. The van der Waals surface area contributed by atoms with Gasteiger partial charge in [-0.15, -0.1) is 0 Å². The van der Waals surface area contributed by atoms with Crippen molar-refractivity contribution in [1.29, 1.82) is 0 Å². The van der Waals surface area contributed by atoms with Gasteiger partial charge in [-0.3, -0.25) is 0 Å². The molecule has 2 nitrogen and oxygen atoms in total. The van der Waals surface area contributed by atoms with Gasteiger partial charge < -0.3 is 59.5 Å². The van der Waals surface area contributed by atoms with Crippen LogP contribution in [0, 0.1) is 0 Å². The molecule has 0 spiro atoms. The van der Waals surface area contributed by atoms with E-state index in [1.54, 1.807) is 0 Å². The monoisotopic (exact) mass is 1360 g/mol. The van der Waals surface area contributed by atoms with Gasteiger partial charge in [0.15, 0.2) is 0 Å². The van der Waals surface area contributed by atoms with E-state index < -0.39 is 0 Å². The third-order valence-electron chi connectivity index (χ3n) is 19.6. The predicted molar refractivity (Wildman–Crippen MR) is 418 cm³/mol. The van der Waals surface area contributed by atoms with Gasteiger partial charge >= 0.3 is 17.1 Å². The fourth-order valence-corrected chi connectivity index (χ4v) is 14.1. The molecule has 0 bridgehead atoms. The maximum absolute atomic E-state index is 5.40. The Morgan fingerprint density at radius 2 is 0.247 bits per heavy atom. The first-order chi connectivity index (χ1) is 43.4. The van der Waals surface area contributed by atoms with Gasteiger partial charge in [0.1, 0.15) is 0 Å². The Morgan fingerprint density at radius 3 is 0.326 bits per heavy atom. The zero-order valence-electron chi connectivity index (χ0n) is 61.6. The third-order valence-corrected chi connectivity index (χ3v) is 20.7. The molecule has 0 heterocycles. The van der Waals surface area contributed by atoms with E-state index >= 15 is 0 Å². The fraction of sp³-hybridized carbons (Fsp3) is 0.976. The zero-order chi connectivity index (χ0) is 64.0. The van der Waals surface area contributed by atoms with E-state index in [9.17, 15) is 0 Å². The van der Waals surface area contributed by atoms with Crippen molar-refractivity contribution < 1.29 is 17.1 Å². The zero-order valence-corrected chi connectivity index (χ0v) is 66.0. The van der Waals surface area contributed by atoms with E-state index in [1.807, 2.05) is 0 Å². The number of hydrogen-bond donors (Lipinski definition) is 0. The molecule has 534 valence electrons. The number of unbranched alkanes of at least 4 members (excludes halogenated alkanes) is 68. The molecule has 0 radical (unpaired) electrons. The van der Waals surface area contributed by atoms with Gasteiger partial charge in [0.2, 0.25) is 0 Å². The summed E-state index contributed by atoms with van der Waals surface area (Å²) in [5.41, 5.74) is 0. The average molecular weight is 1360 g/mol. The van der Waals surface area contributed by atoms with Crippen LogP contribution in [0.4, 0.5) is 0 Å². The average Bonchev–Trinajstić information content (AvgIpc) is 3.55. The van der Waals surface area contributed by atoms with Crippen molar-refractivity contribution in [3.8, 4) is 0 Å². The molecule has 0 atom stereocenters. The van der Waals surface area contributed by atoms with Gasteiger partial charge in [0, 0.05) is 26.2 Å². The van der Waals surface area contributed by atoms with Crippen molar-refractivity contribution in [2.75, 3.05) is 26.2 Å². The summed E-state index contributed by atoms with van der Waals surface area (Å²) in [6.45, 7) is 13.5. The standard InChI is InChI=1S/2C41H83NS2.Fe/c2*1-3-5-7-9-11-13-15-17-19-21-23-25-27-29-31-33-35-37-39-42(41(43)44)40-38-36-34-32-30-28-26-24-22-20-18-16-14-12-10-8-6-4-2;/h2*3-40H2,1-2H3,(H,43,44);/q;;+2/p-2. The molecular formula is C82H164FeN2S4. The largest absolute Gasteiger partial charge is 2.00 e. The summed E-state index contributed by atoms with van der Waals surface area (Å²) in [6.07, 6.45) is 103. The van der Waals surface area contributed by atoms with E-state index in [0.717, 1.165) is 26.2 Å². The molecule has 0 fully saturated rings. The van der Waals surface area contributed by atoms with Gasteiger partial charge in [-0.25, -0.2) is 0 Å². The Balaban J connectivity index is -0.00000164. The van der Waals surface area contributed by atoms with Crippen LogP contribution in [-0.2, 0) is 42.3 Å². The van der Waals surface area contributed by atoms with Crippen molar-refractivity contribution in [2.45, 2.75) is 490 Å². The molecule has 0 rings (SSSR count). The molecule has 7 heteroatoms. The molecular weight excluding hydrogens is 1200 g/mol. The molecule has 89 heavy (non-hydrogen) atoms. The Kier molecular flexibility index (Phi) is 91.6. The summed E-state index contributed by atoms with van der Waals surface area (Å²) in [6, 6.07) is 0. The second-order valence-corrected chi connectivity index (χ2v) is 30.6. The number of rotatable bonds is 76. The van der Waals surface area contributed by atoms with Crippen LogP contribution in [0.1, 0.15) is 490 Å². The van der Waals surface area contributed by atoms with Crippen LogP contribution in [-0.4, -0.2) is 44.6 Å². The summed E-state index contributed by atoms with van der Waals surface area (Å²) >= 11 is 21.6. The SMILES string of the molecule is CCCCCCCCCCCCCCCCCCCCN(CCCCCCCCCCCCCCCCCCCC)C(=S)[S-].CCCCCCCCCCCCCCCCCCCCN(CCCCCCCCCCCCCCCCCCCC)C(=S)[S-].[Fe+2]. The van der Waals surface area contributed by atoms with Crippen molar-refractivity contribution in [3.63, 3.8) is 0 Å². The van der Waals surface area contributed by atoms with Gasteiger partial charge in [-0.1, -0.05) is 473 Å². The van der Waals surface area contributed by atoms with Crippen molar-refractivity contribution in [2.24, 2.45) is 0 Å². The molecule has 0 saturated heterocycles. The smallest absolute Gasteiger partial charge is 0.411 e. The van der Waals surface area contributed by atoms with E-state index in [1.165, 1.54) is 462 Å². The van der Waals surface area contributed by atoms with Crippen LogP contribution in [0.25, 0.3) is 0 Å². The predicted octanol–water partition coefficient (Wildman–Crippen LogP) is 30.4. The normalized spacial score (nSPS) is 11.3. The first-order valence-corrected chi connectivity index (χ1v) is 43.0. The van der Waals surface area contributed by atoms with E-state index in [4.69, 9.17) is 49.7 Å². The van der Waals surface area contributed by atoms with Crippen LogP contribution >= 0.6 is 24.4 Å². The molecule has 0 aliphatic heterocycles. The molecule has 0 aliphatic rings. The maximum atomic E-state index is 5.40. The summed E-state index contributed by atoms with van der Waals surface area (Å²) in [7, 11) is 0. The van der Waals surface area contributed by atoms with Gasteiger partial charge in [-0.05, 0) is 25.7 Å². The summed E-state index contributed by atoms with van der Waals surface area (Å²) in [5.74, 6) is 0. The molecule has 0 aliphatic carbocycles. The minimum absolute atomic E-state index is 0. The second-order valence-electron chi connectivity index (χ2n) is 28.5. The van der Waals surface area contributed by atoms with Gasteiger partial charge in [0.25, 0.3) is 0 Å².